The molecule has 2 nitrogen and oxygen atoms in total. The lowest BCUT2D eigenvalue weighted by atomic mass is 9.89. The highest BCUT2D eigenvalue weighted by Crippen LogP contribution is 2.22. The third-order valence-electron chi connectivity index (χ3n) is 2.70. The quantitative estimate of drug-likeness (QED) is 0.710. The summed E-state index contributed by atoms with van der Waals surface area (Å²) in [4.78, 5) is 10.2. The van der Waals surface area contributed by atoms with Crippen molar-refractivity contribution < 1.29 is 4.79 Å². The molecule has 76 valence electrons. The first-order valence-corrected chi connectivity index (χ1v) is 4.97. The van der Waals surface area contributed by atoms with Crippen molar-refractivity contribution in [1.82, 2.24) is 5.32 Å². The standard InChI is InChI=1S/C12H17NO/c1-10(8-13-9-14)11(2)12-6-4-3-5-7-12/h3-7,9-11H,8H2,1-2H3,(H,13,14)/t10-,11?/m0/s1. The Bertz CT molecular complexity index is 271. The Hall–Kier alpha value is -1.31. The molecule has 0 saturated carbocycles. The Morgan fingerprint density at radius 3 is 2.50 bits per heavy atom. The highest BCUT2D eigenvalue weighted by molar-refractivity contribution is 5.45. The number of amides is 1. The number of carbonyl (C=O) groups excluding carboxylic acids is 1. The van der Waals surface area contributed by atoms with Crippen LogP contribution in [-0.4, -0.2) is 13.0 Å². The second kappa shape index (κ2) is 5.43. The van der Waals surface area contributed by atoms with Gasteiger partial charge in [-0.3, -0.25) is 4.79 Å². The zero-order valence-corrected chi connectivity index (χ0v) is 8.73. The largest absolute Gasteiger partial charge is 0.358 e. The zero-order valence-electron chi connectivity index (χ0n) is 8.73. The van der Waals surface area contributed by atoms with E-state index in [0.717, 1.165) is 13.0 Å². The second-order valence-corrected chi connectivity index (χ2v) is 3.70. The van der Waals surface area contributed by atoms with Gasteiger partial charge in [-0.1, -0.05) is 44.2 Å². The van der Waals surface area contributed by atoms with Gasteiger partial charge in [-0.05, 0) is 17.4 Å². The van der Waals surface area contributed by atoms with Gasteiger partial charge in [-0.25, -0.2) is 0 Å². The highest BCUT2D eigenvalue weighted by atomic mass is 16.1. The summed E-state index contributed by atoms with van der Waals surface area (Å²) in [6.07, 6.45) is 0.758. The van der Waals surface area contributed by atoms with Crippen LogP contribution in [0.5, 0.6) is 0 Å². The first-order valence-electron chi connectivity index (χ1n) is 4.97. The molecule has 2 heteroatoms. The molecule has 2 atom stereocenters. The van der Waals surface area contributed by atoms with Crippen molar-refractivity contribution >= 4 is 6.41 Å². The normalized spacial score (nSPS) is 14.4. The number of benzene rings is 1. The van der Waals surface area contributed by atoms with Crippen molar-refractivity contribution in [3.63, 3.8) is 0 Å². The molecule has 1 rings (SSSR count). The van der Waals surface area contributed by atoms with Crippen LogP contribution >= 0.6 is 0 Å². The van der Waals surface area contributed by atoms with Crippen LogP contribution in [0, 0.1) is 5.92 Å². The fourth-order valence-electron chi connectivity index (χ4n) is 1.50. The molecule has 0 aliphatic carbocycles. The molecule has 14 heavy (non-hydrogen) atoms. The van der Waals surface area contributed by atoms with Crippen LogP contribution in [0.2, 0.25) is 0 Å². The van der Waals surface area contributed by atoms with Gasteiger partial charge < -0.3 is 5.32 Å². The lowest BCUT2D eigenvalue weighted by Gasteiger charge is -2.19. The molecule has 0 spiro atoms. The minimum Gasteiger partial charge on any atom is -0.358 e. The predicted octanol–water partition coefficient (Wildman–Crippen LogP) is 2.17. The predicted molar refractivity (Wildman–Crippen MR) is 58.1 cm³/mol. The molecule has 0 heterocycles. The number of hydrogen-bond donors (Lipinski definition) is 1. The minimum absolute atomic E-state index is 0.461. The summed E-state index contributed by atoms with van der Waals surface area (Å²) < 4.78 is 0. The lowest BCUT2D eigenvalue weighted by Crippen LogP contribution is -2.22. The van der Waals surface area contributed by atoms with Crippen LogP contribution in [0.15, 0.2) is 30.3 Å². The van der Waals surface area contributed by atoms with E-state index >= 15 is 0 Å². The van der Waals surface area contributed by atoms with Gasteiger partial charge in [0.25, 0.3) is 0 Å². The van der Waals surface area contributed by atoms with Crippen molar-refractivity contribution in [2.75, 3.05) is 6.54 Å². The fraction of sp³-hybridized carbons (Fsp3) is 0.417. The van der Waals surface area contributed by atoms with Gasteiger partial charge in [0.1, 0.15) is 0 Å². The molecule has 0 saturated heterocycles. The lowest BCUT2D eigenvalue weighted by molar-refractivity contribution is -0.109. The first-order chi connectivity index (χ1) is 6.75. The molecule has 0 aliphatic rings. The molecule has 0 radical (unpaired) electrons. The molecule has 1 aromatic rings. The Morgan fingerprint density at radius 2 is 1.93 bits per heavy atom. The van der Waals surface area contributed by atoms with E-state index in [1.807, 2.05) is 18.2 Å². The number of rotatable bonds is 5. The molecule has 0 aromatic heterocycles. The van der Waals surface area contributed by atoms with Crippen molar-refractivity contribution in [3.8, 4) is 0 Å². The molecule has 1 unspecified atom stereocenters. The Kier molecular flexibility index (Phi) is 4.17. The first kappa shape index (κ1) is 10.8. The molecule has 0 fully saturated rings. The van der Waals surface area contributed by atoms with Crippen LogP contribution in [-0.2, 0) is 4.79 Å². The van der Waals surface area contributed by atoms with Gasteiger partial charge in [0.2, 0.25) is 6.41 Å². The van der Waals surface area contributed by atoms with Gasteiger partial charge in [-0.15, -0.1) is 0 Å². The van der Waals surface area contributed by atoms with Crippen molar-refractivity contribution in [3.05, 3.63) is 35.9 Å². The monoisotopic (exact) mass is 191 g/mol. The van der Waals surface area contributed by atoms with Crippen molar-refractivity contribution in [2.45, 2.75) is 19.8 Å². The molecule has 1 amide bonds. The van der Waals surface area contributed by atoms with Gasteiger partial charge in [0.15, 0.2) is 0 Å². The summed E-state index contributed by atoms with van der Waals surface area (Å²) in [6, 6.07) is 10.4. The van der Waals surface area contributed by atoms with E-state index in [4.69, 9.17) is 0 Å². The van der Waals surface area contributed by atoms with Crippen LogP contribution in [0.4, 0.5) is 0 Å². The summed E-state index contributed by atoms with van der Waals surface area (Å²) in [5.74, 6) is 0.936. The maximum atomic E-state index is 10.2. The van der Waals surface area contributed by atoms with Gasteiger partial charge in [0, 0.05) is 6.54 Å². The van der Waals surface area contributed by atoms with Gasteiger partial charge in [0.05, 0.1) is 0 Å². The van der Waals surface area contributed by atoms with E-state index in [1.54, 1.807) is 0 Å². The van der Waals surface area contributed by atoms with E-state index in [-0.39, 0.29) is 0 Å². The number of nitrogens with one attached hydrogen (secondary N) is 1. The topological polar surface area (TPSA) is 29.1 Å². The summed E-state index contributed by atoms with van der Waals surface area (Å²) in [5, 5.41) is 2.72. The number of carbonyl (C=O) groups is 1. The molecular weight excluding hydrogens is 174 g/mol. The second-order valence-electron chi connectivity index (χ2n) is 3.70. The van der Waals surface area contributed by atoms with E-state index < -0.39 is 0 Å². The Labute approximate surface area is 85.3 Å². The summed E-state index contributed by atoms with van der Waals surface area (Å²) in [5.41, 5.74) is 1.33. The van der Waals surface area contributed by atoms with Crippen molar-refractivity contribution in [2.24, 2.45) is 5.92 Å². The van der Waals surface area contributed by atoms with E-state index in [2.05, 4.69) is 31.3 Å². The van der Waals surface area contributed by atoms with Gasteiger partial charge in [-0.2, -0.15) is 0 Å². The smallest absolute Gasteiger partial charge is 0.207 e. The van der Waals surface area contributed by atoms with Crippen molar-refractivity contribution in [1.29, 1.82) is 0 Å². The Balaban J connectivity index is 2.56. The minimum atomic E-state index is 0.461. The molecule has 0 bridgehead atoms. The van der Waals surface area contributed by atoms with Gasteiger partial charge >= 0.3 is 0 Å². The van der Waals surface area contributed by atoms with E-state index in [9.17, 15) is 4.79 Å². The average Bonchev–Trinajstić information content (AvgIpc) is 2.26. The summed E-state index contributed by atoms with van der Waals surface area (Å²) in [6.45, 7) is 5.07. The Morgan fingerprint density at radius 1 is 1.29 bits per heavy atom. The van der Waals surface area contributed by atoms with Crippen LogP contribution in [0.3, 0.4) is 0 Å². The molecular formula is C12H17NO. The third-order valence-corrected chi connectivity index (χ3v) is 2.70. The maximum Gasteiger partial charge on any atom is 0.207 e. The zero-order chi connectivity index (χ0) is 10.4. The van der Waals surface area contributed by atoms with Crippen LogP contribution in [0.25, 0.3) is 0 Å². The molecule has 1 N–H and O–H groups in total. The van der Waals surface area contributed by atoms with Crippen LogP contribution in [0.1, 0.15) is 25.3 Å². The maximum absolute atomic E-state index is 10.2. The molecule has 1 aromatic carbocycles. The third kappa shape index (κ3) is 2.87. The average molecular weight is 191 g/mol. The number of hydrogen-bond acceptors (Lipinski definition) is 1. The SMILES string of the molecule is CC(c1ccccc1)[C@@H](C)CNC=O. The van der Waals surface area contributed by atoms with Crippen LogP contribution < -0.4 is 5.32 Å². The summed E-state index contributed by atoms with van der Waals surface area (Å²) >= 11 is 0. The highest BCUT2D eigenvalue weighted by Gasteiger charge is 2.12. The van der Waals surface area contributed by atoms with E-state index in [0.29, 0.717) is 11.8 Å². The summed E-state index contributed by atoms with van der Waals surface area (Å²) in [7, 11) is 0. The molecule has 0 aliphatic heterocycles. The fourth-order valence-corrected chi connectivity index (χ4v) is 1.50. The van der Waals surface area contributed by atoms with E-state index in [1.165, 1.54) is 5.56 Å².